The Bertz CT molecular complexity index is 407. The number of carboxylic acid groups (broad SMARTS) is 1. The van der Waals surface area contributed by atoms with Gasteiger partial charge in [-0.1, -0.05) is 6.07 Å². The van der Waals surface area contributed by atoms with Gasteiger partial charge < -0.3 is 20.1 Å². The Morgan fingerprint density at radius 1 is 1.50 bits per heavy atom. The van der Waals surface area contributed by atoms with Crippen molar-refractivity contribution >= 4 is 11.7 Å². The Labute approximate surface area is 107 Å². The fraction of sp³-hybridized carbons (Fsp3) is 0.462. The van der Waals surface area contributed by atoms with Crippen molar-refractivity contribution < 1.29 is 14.6 Å². The van der Waals surface area contributed by atoms with Gasteiger partial charge in [-0.15, -0.1) is 0 Å². The molecule has 0 spiro atoms. The molecular formula is C13H20N2O3. The maximum atomic E-state index is 10.6. The molecule has 0 saturated heterocycles. The van der Waals surface area contributed by atoms with Crippen LogP contribution in [-0.4, -0.2) is 38.8 Å². The van der Waals surface area contributed by atoms with E-state index in [1.54, 1.807) is 7.11 Å². The molecule has 0 radical (unpaired) electrons. The van der Waals surface area contributed by atoms with Crippen molar-refractivity contribution in [2.24, 2.45) is 0 Å². The van der Waals surface area contributed by atoms with E-state index >= 15 is 0 Å². The van der Waals surface area contributed by atoms with Crippen LogP contribution in [0, 0.1) is 0 Å². The minimum Gasteiger partial charge on any atom is -0.495 e. The number of carbonyl (C=O) groups is 1. The van der Waals surface area contributed by atoms with E-state index in [0.29, 0.717) is 6.54 Å². The van der Waals surface area contributed by atoms with Crippen LogP contribution < -0.4 is 15.0 Å². The van der Waals surface area contributed by atoms with E-state index in [2.05, 4.69) is 5.32 Å². The predicted molar refractivity (Wildman–Crippen MR) is 71.3 cm³/mol. The van der Waals surface area contributed by atoms with Crippen LogP contribution >= 0.6 is 0 Å². The fourth-order valence-electron chi connectivity index (χ4n) is 1.74. The highest BCUT2D eigenvalue weighted by atomic mass is 16.5. The van der Waals surface area contributed by atoms with E-state index in [0.717, 1.165) is 23.5 Å². The highest BCUT2D eigenvalue weighted by Gasteiger charge is 2.10. The molecule has 0 saturated carbocycles. The quantitative estimate of drug-likeness (QED) is 0.766. The topological polar surface area (TPSA) is 61.8 Å². The smallest absolute Gasteiger partial charge is 0.305 e. The molecule has 100 valence electrons. The molecular weight excluding hydrogens is 232 g/mol. The number of methoxy groups -OCH3 is 1. The van der Waals surface area contributed by atoms with E-state index in [-0.39, 0.29) is 6.42 Å². The summed E-state index contributed by atoms with van der Waals surface area (Å²) in [4.78, 5) is 12.4. The van der Waals surface area contributed by atoms with Crippen LogP contribution in [0.1, 0.15) is 12.0 Å². The monoisotopic (exact) mass is 252 g/mol. The number of aliphatic carboxylic acids is 1. The van der Waals surface area contributed by atoms with Gasteiger partial charge in [-0.3, -0.25) is 4.79 Å². The first-order valence-corrected chi connectivity index (χ1v) is 5.83. The van der Waals surface area contributed by atoms with Gasteiger partial charge >= 0.3 is 5.97 Å². The zero-order valence-corrected chi connectivity index (χ0v) is 11.1. The summed E-state index contributed by atoms with van der Waals surface area (Å²) in [6.07, 6.45) is 0.109. The molecule has 0 aromatic heterocycles. The first-order chi connectivity index (χ1) is 8.58. The van der Waals surface area contributed by atoms with Gasteiger partial charge in [0.1, 0.15) is 5.75 Å². The second kappa shape index (κ2) is 6.86. The normalized spacial score (nSPS) is 10.2. The van der Waals surface area contributed by atoms with Crippen LogP contribution in [0.3, 0.4) is 0 Å². The molecule has 1 rings (SSSR count). The number of rotatable bonds is 7. The van der Waals surface area contributed by atoms with Gasteiger partial charge in [-0.25, -0.2) is 0 Å². The lowest BCUT2D eigenvalue weighted by Crippen LogP contribution is -2.21. The molecule has 0 fully saturated rings. The van der Waals surface area contributed by atoms with E-state index in [4.69, 9.17) is 9.84 Å². The molecule has 0 atom stereocenters. The average Bonchev–Trinajstić information content (AvgIpc) is 2.36. The van der Waals surface area contributed by atoms with Gasteiger partial charge in [-0.2, -0.15) is 0 Å². The number of ether oxygens (including phenoxy) is 1. The summed E-state index contributed by atoms with van der Waals surface area (Å²) in [5.74, 6) is -0.0386. The summed E-state index contributed by atoms with van der Waals surface area (Å²) in [6.45, 7) is 1.23. The number of hydrogen-bond acceptors (Lipinski definition) is 4. The lowest BCUT2D eigenvalue weighted by Gasteiger charge is -2.21. The average molecular weight is 252 g/mol. The molecule has 5 nitrogen and oxygen atoms in total. The van der Waals surface area contributed by atoms with Crippen LogP contribution in [0.2, 0.25) is 0 Å². The number of anilines is 1. The van der Waals surface area contributed by atoms with Crippen molar-refractivity contribution in [2.45, 2.75) is 13.0 Å². The Morgan fingerprint density at radius 2 is 2.22 bits per heavy atom. The number of benzene rings is 1. The third-order valence-electron chi connectivity index (χ3n) is 2.70. The third-order valence-corrected chi connectivity index (χ3v) is 2.70. The van der Waals surface area contributed by atoms with Crippen molar-refractivity contribution in [1.29, 1.82) is 0 Å². The van der Waals surface area contributed by atoms with Crippen LogP contribution in [0.5, 0.6) is 5.75 Å². The van der Waals surface area contributed by atoms with Crippen LogP contribution in [0.4, 0.5) is 5.69 Å². The molecule has 1 aromatic rings. The molecule has 18 heavy (non-hydrogen) atoms. The second-order valence-corrected chi connectivity index (χ2v) is 4.10. The summed E-state index contributed by atoms with van der Waals surface area (Å²) in [5.41, 5.74) is 2.03. The van der Waals surface area contributed by atoms with Gasteiger partial charge in [0, 0.05) is 20.1 Å². The van der Waals surface area contributed by atoms with Gasteiger partial charge in [-0.05, 0) is 24.7 Å². The van der Waals surface area contributed by atoms with Crippen molar-refractivity contribution in [2.75, 3.05) is 32.6 Å². The SMILES string of the molecule is CNCc1ccc(N(C)CCC(=O)O)c(OC)c1. The summed E-state index contributed by atoms with van der Waals surface area (Å²) in [6, 6.07) is 5.92. The zero-order chi connectivity index (χ0) is 13.5. The van der Waals surface area contributed by atoms with E-state index < -0.39 is 5.97 Å². The number of carboxylic acids is 1. The highest BCUT2D eigenvalue weighted by Crippen LogP contribution is 2.28. The highest BCUT2D eigenvalue weighted by molar-refractivity contribution is 5.68. The van der Waals surface area contributed by atoms with Crippen LogP contribution in [0.25, 0.3) is 0 Å². The molecule has 1 aromatic carbocycles. The first-order valence-electron chi connectivity index (χ1n) is 5.83. The second-order valence-electron chi connectivity index (χ2n) is 4.10. The maximum absolute atomic E-state index is 10.6. The van der Waals surface area contributed by atoms with Crippen molar-refractivity contribution in [3.05, 3.63) is 23.8 Å². The van der Waals surface area contributed by atoms with Crippen molar-refractivity contribution in [3.8, 4) is 5.75 Å². The van der Waals surface area contributed by atoms with Gasteiger partial charge in [0.25, 0.3) is 0 Å². The molecule has 0 amide bonds. The minimum absolute atomic E-state index is 0.109. The molecule has 0 heterocycles. The standard InChI is InChI=1S/C13H20N2O3/c1-14-9-10-4-5-11(12(8-10)18-3)15(2)7-6-13(16)17/h4-5,8,14H,6-7,9H2,1-3H3,(H,16,17). The first kappa shape index (κ1) is 14.3. The van der Waals surface area contributed by atoms with E-state index in [1.165, 1.54) is 0 Å². The third kappa shape index (κ3) is 3.92. The Hall–Kier alpha value is -1.75. The summed E-state index contributed by atoms with van der Waals surface area (Å²) < 4.78 is 5.34. The molecule has 0 bridgehead atoms. The predicted octanol–water partition coefficient (Wildman–Crippen LogP) is 1.33. The lowest BCUT2D eigenvalue weighted by atomic mass is 10.1. The number of nitrogens with zero attached hydrogens (tertiary/aromatic N) is 1. The fourth-order valence-corrected chi connectivity index (χ4v) is 1.74. The van der Waals surface area contributed by atoms with E-state index in [1.807, 2.05) is 37.2 Å². The molecule has 0 aliphatic heterocycles. The van der Waals surface area contributed by atoms with Gasteiger partial charge in [0.15, 0.2) is 0 Å². The van der Waals surface area contributed by atoms with Crippen LogP contribution in [0.15, 0.2) is 18.2 Å². The Kier molecular flexibility index (Phi) is 5.45. The maximum Gasteiger partial charge on any atom is 0.305 e. The zero-order valence-electron chi connectivity index (χ0n) is 11.1. The van der Waals surface area contributed by atoms with Crippen molar-refractivity contribution in [3.63, 3.8) is 0 Å². The van der Waals surface area contributed by atoms with Gasteiger partial charge in [0.2, 0.25) is 0 Å². The molecule has 0 aliphatic carbocycles. The van der Waals surface area contributed by atoms with Crippen LogP contribution in [-0.2, 0) is 11.3 Å². The summed E-state index contributed by atoms with van der Waals surface area (Å²) >= 11 is 0. The number of hydrogen-bond donors (Lipinski definition) is 2. The molecule has 0 unspecified atom stereocenters. The Balaban J connectivity index is 2.83. The van der Waals surface area contributed by atoms with E-state index in [9.17, 15) is 4.79 Å². The summed E-state index contributed by atoms with van der Waals surface area (Å²) in [7, 11) is 5.37. The molecule has 2 N–H and O–H groups in total. The van der Waals surface area contributed by atoms with Crippen molar-refractivity contribution in [1.82, 2.24) is 5.32 Å². The lowest BCUT2D eigenvalue weighted by molar-refractivity contribution is -0.136. The molecule has 5 heteroatoms. The molecule has 0 aliphatic rings. The number of nitrogens with one attached hydrogen (secondary N) is 1. The van der Waals surface area contributed by atoms with Gasteiger partial charge in [0.05, 0.1) is 19.2 Å². The largest absolute Gasteiger partial charge is 0.495 e. The minimum atomic E-state index is -0.799. The Morgan fingerprint density at radius 3 is 2.78 bits per heavy atom. The summed E-state index contributed by atoms with van der Waals surface area (Å²) in [5, 5.41) is 11.8.